The summed E-state index contributed by atoms with van der Waals surface area (Å²) in [4.78, 5) is 0. The third-order valence-corrected chi connectivity index (χ3v) is 2.84. The number of benzene rings is 1. The third-order valence-electron chi connectivity index (χ3n) is 2.84. The molecule has 0 aliphatic carbocycles. The molecule has 74 valence electrons. The minimum atomic E-state index is 1.18. The normalized spacial score (nSPS) is 14.6. The van der Waals surface area contributed by atoms with Gasteiger partial charge in [0.2, 0.25) is 0 Å². The van der Waals surface area contributed by atoms with Crippen molar-refractivity contribution in [3.63, 3.8) is 0 Å². The van der Waals surface area contributed by atoms with Crippen molar-refractivity contribution >= 4 is 11.4 Å². The van der Waals surface area contributed by atoms with E-state index in [2.05, 4.69) is 50.5 Å². The largest absolute Gasteiger partial charge is 0.356 e. The summed E-state index contributed by atoms with van der Waals surface area (Å²) in [7, 11) is 0. The lowest BCUT2D eigenvalue weighted by Crippen LogP contribution is -2.13. The molecule has 0 unspecified atom stereocenters. The summed E-state index contributed by atoms with van der Waals surface area (Å²) in [5.41, 5.74) is 7.39. The average molecular weight is 188 g/mol. The van der Waals surface area contributed by atoms with Gasteiger partial charge in [0.15, 0.2) is 0 Å². The van der Waals surface area contributed by atoms with Crippen molar-refractivity contribution in [3.8, 4) is 0 Å². The van der Waals surface area contributed by atoms with Gasteiger partial charge in [-0.2, -0.15) is 0 Å². The second kappa shape index (κ2) is 3.05. The van der Waals surface area contributed by atoms with Gasteiger partial charge < -0.3 is 10.6 Å². The van der Waals surface area contributed by atoms with Gasteiger partial charge in [-0.3, -0.25) is 0 Å². The first-order chi connectivity index (χ1) is 6.58. The van der Waals surface area contributed by atoms with Crippen LogP contribution in [-0.4, -0.2) is 0 Å². The van der Waals surface area contributed by atoms with Crippen molar-refractivity contribution in [3.05, 3.63) is 34.7 Å². The Hall–Kier alpha value is -1.44. The summed E-state index contributed by atoms with van der Waals surface area (Å²) >= 11 is 0. The Labute approximate surface area is 85.0 Å². The summed E-state index contributed by atoms with van der Waals surface area (Å²) < 4.78 is 0. The molecule has 0 saturated carbocycles. The monoisotopic (exact) mass is 188 g/mol. The standard InChI is InChI=1S/C12H16N2/c1-7-5-11-12(6-8(7)2)14-10(4)9(3)13-11/h5-6,13-14H,1-4H3. The quantitative estimate of drug-likeness (QED) is 0.652. The lowest BCUT2D eigenvalue weighted by Gasteiger charge is -2.23. The molecule has 0 radical (unpaired) electrons. The van der Waals surface area contributed by atoms with Crippen molar-refractivity contribution in [1.82, 2.24) is 0 Å². The van der Waals surface area contributed by atoms with E-state index in [4.69, 9.17) is 0 Å². The van der Waals surface area contributed by atoms with Crippen LogP contribution in [0, 0.1) is 13.8 Å². The molecule has 0 atom stereocenters. The van der Waals surface area contributed by atoms with E-state index >= 15 is 0 Å². The number of nitrogens with one attached hydrogen (secondary N) is 2. The number of hydrogen-bond acceptors (Lipinski definition) is 2. The molecule has 14 heavy (non-hydrogen) atoms. The molecule has 2 heteroatoms. The Bertz CT molecular complexity index is 378. The van der Waals surface area contributed by atoms with E-state index in [1.807, 2.05) is 0 Å². The van der Waals surface area contributed by atoms with Gasteiger partial charge >= 0.3 is 0 Å². The molecule has 0 fully saturated rings. The Morgan fingerprint density at radius 3 is 1.43 bits per heavy atom. The smallest absolute Gasteiger partial charge is 0.0624 e. The predicted molar refractivity (Wildman–Crippen MR) is 61.5 cm³/mol. The van der Waals surface area contributed by atoms with Crippen LogP contribution in [0.2, 0.25) is 0 Å². The summed E-state index contributed by atoms with van der Waals surface area (Å²) in [6.45, 7) is 8.44. The summed E-state index contributed by atoms with van der Waals surface area (Å²) in [6.07, 6.45) is 0. The van der Waals surface area contributed by atoms with Gasteiger partial charge in [-0.25, -0.2) is 0 Å². The van der Waals surface area contributed by atoms with E-state index in [9.17, 15) is 0 Å². The van der Waals surface area contributed by atoms with Crippen LogP contribution in [0.25, 0.3) is 0 Å². The molecule has 2 N–H and O–H groups in total. The summed E-state index contributed by atoms with van der Waals surface area (Å²) in [5.74, 6) is 0. The number of hydrogen-bond donors (Lipinski definition) is 2. The number of allylic oxidation sites excluding steroid dienone is 2. The molecular weight excluding hydrogens is 172 g/mol. The van der Waals surface area contributed by atoms with Crippen molar-refractivity contribution in [2.75, 3.05) is 10.6 Å². The highest BCUT2D eigenvalue weighted by molar-refractivity contribution is 5.77. The third kappa shape index (κ3) is 1.37. The van der Waals surface area contributed by atoms with Crippen molar-refractivity contribution in [1.29, 1.82) is 0 Å². The second-order valence-corrected chi connectivity index (χ2v) is 3.98. The second-order valence-electron chi connectivity index (χ2n) is 3.98. The Morgan fingerprint density at radius 2 is 1.07 bits per heavy atom. The molecule has 2 rings (SSSR count). The Morgan fingerprint density at radius 1 is 0.714 bits per heavy atom. The highest BCUT2D eigenvalue weighted by Gasteiger charge is 2.11. The van der Waals surface area contributed by atoms with Crippen LogP contribution in [-0.2, 0) is 0 Å². The molecule has 0 aromatic heterocycles. The molecule has 0 spiro atoms. The van der Waals surface area contributed by atoms with Gasteiger partial charge in [-0.05, 0) is 51.0 Å². The van der Waals surface area contributed by atoms with E-state index in [0.717, 1.165) is 0 Å². The van der Waals surface area contributed by atoms with Gasteiger partial charge in [0.25, 0.3) is 0 Å². The fraction of sp³-hybridized carbons (Fsp3) is 0.333. The van der Waals surface area contributed by atoms with Gasteiger partial charge in [0.05, 0.1) is 11.4 Å². The Kier molecular flexibility index (Phi) is 1.99. The molecule has 1 heterocycles. The molecule has 2 nitrogen and oxygen atoms in total. The van der Waals surface area contributed by atoms with Crippen LogP contribution in [0.1, 0.15) is 25.0 Å². The van der Waals surface area contributed by atoms with Crippen LogP contribution in [0.3, 0.4) is 0 Å². The topological polar surface area (TPSA) is 24.1 Å². The van der Waals surface area contributed by atoms with Crippen LogP contribution < -0.4 is 10.6 Å². The lowest BCUT2D eigenvalue weighted by atomic mass is 10.1. The predicted octanol–water partition coefficient (Wildman–Crippen LogP) is 3.39. The van der Waals surface area contributed by atoms with Crippen LogP contribution in [0.15, 0.2) is 23.5 Å². The first-order valence-electron chi connectivity index (χ1n) is 4.90. The van der Waals surface area contributed by atoms with Crippen LogP contribution in [0.5, 0.6) is 0 Å². The van der Waals surface area contributed by atoms with E-state index in [-0.39, 0.29) is 0 Å². The van der Waals surface area contributed by atoms with Crippen LogP contribution in [0.4, 0.5) is 11.4 Å². The van der Waals surface area contributed by atoms with Gasteiger partial charge in [0.1, 0.15) is 0 Å². The van der Waals surface area contributed by atoms with E-state index in [1.54, 1.807) is 0 Å². The van der Waals surface area contributed by atoms with E-state index in [1.165, 1.54) is 33.9 Å². The number of anilines is 2. The number of rotatable bonds is 0. The number of aryl methyl sites for hydroxylation is 2. The fourth-order valence-electron chi connectivity index (χ4n) is 1.61. The molecule has 0 amide bonds. The summed E-state index contributed by atoms with van der Waals surface area (Å²) in [6, 6.07) is 4.38. The minimum absolute atomic E-state index is 1.18. The van der Waals surface area contributed by atoms with Crippen molar-refractivity contribution in [2.24, 2.45) is 0 Å². The van der Waals surface area contributed by atoms with Gasteiger partial charge in [0, 0.05) is 11.4 Å². The SMILES string of the molecule is CC1=C(C)Nc2cc(C)c(C)cc2N1. The van der Waals surface area contributed by atoms with Gasteiger partial charge in [-0.15, -0.1) is 0 Å². The number of fused-ring (bicyclic) bond motifs is 1. The van der Waals surface area contributed by atoms with Crippen LogP contribution >= 0.6 is 0 Å². The maximum absolute atomic E-state index is 3.39. The molecule has 1 aromatic carbocycles. The fourth-order valence-corrected chi connectivity index (χ4v) is 1.61. The maximum Gasteiger partial charge on any atom is 0.0624 e. The Balaban J connectivity index is 2.49. The average Bonchev–Trinajstić information content (AvgIpc) is 2.11. The zero-order valence-electron chi connectivity index (χ0n) is 9.15. The highest BCUT2D eigenvalue weighted by Crippen LogP contribution is 2.31. The van der Waals surface area contributed by atoms with Crippen molar-refractivity contribution < 1.29 is 0 Å². The highest BCUT2D eigenvalue weighted by atomic mass is 15.0. The van der Waals surface area contributed by atoms with Gasteiger partial charge in [-0.1, -0.05) is 0 Å². The molecule has 1 aromatic rings. The summed E-state index contributed by atoms with van der Waals surface area (Å²) in [5, 5.41) is 6.79. The zero-order chi connectivity index (χ0) is 10.3. The lowest BCUT2D eigenvalue weighted by molar-refractivity contribution is 1.19. The van der Waals surface area contributed by atoms with E-state index in [0.29, 0.717) is 0 Å². The first kappa shape index (κ1) is 9.13. The zero-order valence-corrected chi connectivity index (χ0v) is 9.15. The molecule has 0 saturated heterocycles. The minimum Gasteiger partial charge on any atom is -0.356 e. The van der Waals surface area contributed by atoms with E-state index < -0.39 is 0 Å². The molecule has 1 aliphatic rings. The first-order valence-corrected chi connectivity index (χ1v) is 4.90. The van der Waals surface area contributed by atoms with Crippen molar-refractivity contribution in [2.45, 2.75) is 27.7 Å². The molecule has 0 bridgehead atoms. The molecular formula is C12H16N2. The maximum atomic E-state index is 3.39. The molecule has 1 aliphatic heterocycles.